The zero-order valence-electron chi connectivity index (χ0n) is 11.7. The summed E-state index contributed by atoms with van der Waals surface area (Å²) in [5, 5.41) is 21.8. The average molecular weight is 307 g/mol. The van der Waals surface area contributed by atoms with Crippen molar-refractivity contribution in [3.8, 4) is 0 Å². The molecular weight excluding hydrogens is 287 g/mol. The lowest BCUT2D eigenvalue weighted by molar-refractivity contribution is -0.137. The molecule has 21 heavy (non-hydrogen) atoms. The minimum Gasteiger partial charge on any atom is -0.396 e. The fourth-order valence-electron chi connectivity index (χ4n) is 1.92. The first-order valence-electron chi connectivity index (χ1n) is 6.57. The first-order valence-corrected chi connectivity index (χ1v) is 6.57. The van der Waals surface area contributed by atoms with Gasteiger partial charge in [0.25, 0.3) is 0 Å². The maximum Gasteiger partial charge on any atom is 0.416 e. The average Bonchev–Trinajstić information content (AvgIpc) is 2.44. The van der Waals surface area contributed by atoms with Crippen molar-refractivity contribution < 1.29 is 28.1 Å². The van der Waals surface area contributed by atoms with Crippen LogP contribution in [0, 0.1) is 0 Å². The molecule has 3 N–H and O–H groups in total. The highest BCUT2D eigenvalue weighted by molar-refractivity contribution is 5.27. The number of halogens is 3. The third kappa shape index (κ3) is 6.01. The van der Waals surface area contributed by atoms with Crippen molar-refractivity contribution in [3.63, 3.8) is 0 Å². The molecule has 120 valence electrons. The molecule has 1 rings (SSSR count). The minimum atomic E-state index is -4.43. The largest absolute Gasteiger partial charge is 0.416 e. The first-order chi connectivity index (χ1) is 9.88. The maximum absolute atomic E-state index is 12.6. The van der Waals surface area contributed by atoms with Gasteiger partial charge in [-0.2, -0.15) is 13.2 Å². The van der Waals surface area contributed by atoms with E-state index < -0.39 is 17.8 Å². The van der Waals surface area contributed by atoms with Crippen LogP contribution < -0.4 is 5.32 Å². The lowest BCUT2D eigenvalue weighted by Gasteiger charge is -2.20. The number of aliphatic hydroxyl groups excluding tert-OH is 2. The summed E-state index contributed by atoms with van der Waals surface area (Å²) < 4.78 is 42.8. The number of aliphatic hydroxyl groups is 2. The van der Waals surface area contributed by atoms with Gasteiger partial charge in [-0.05, 0) is 24.1 Å². The number of hydrogen-bond acceptors (Lipinski definition) is 4. The van der Waals surface area contributed by atoms with Gasteiger partial charge in [0.05, 0.1) is 18.3 Å². The van der Waals surface area contributed by atoms with Crippen LogP contribution in [0.3, 0.4) is 0 Å². The Morgan fingerprint density at radius 2 is 2.05 bits per heavy atom. The highest BCUT2D eigenvalue weighted by Gasteiger charge is 2.30. The molecule has 0 amide bonds. The summed E-state index contributed by atoms with van der Waals surface area (Å²) in [5.41, 5.74) is -0.597. The van der Waals surface area contributed by atoms with Crippen molar-refractivity contribution in [1.29, 1.82) is 0 Å². The molecule has 4 nitrogen and oxygen atoms in total. The van der Waals surface area contributed by atoms with Crippen molar-refractivity contribution in [2.75, 3.05) is 26.9 Å². The Morgan fingerprint density at radius 1 is 1.33 bits per heavy atom. The molecule has 2 unspecified atom stereocenters. The van der Waals surface area contributed by atoms with Crippen molar-refractivity contribution in [2.45, 2.75) is 24.7 Å². The summed E-state index contributed by atoms with van der Waals surface area (Å²) in [5.74, 6) is 0. The molecule has 0 aliphatic rings. The summed E-state index contributed by atoms with van der Waals surface area (Å²) >= 11 is 0. The molecule has 7 heteroatoms. The van der Waals surface area contributed by atoms with Crippen LogP contribution in [-0.4, -0.2) is 43.1 Å². The lowest BCUT2D eigenvalue weighted by atomic mass is 10.1. The molecule has 1 aromatic carbocycles. The number of nitrogens with one attached hydrogen (secondary N) is 1. The normalized spacial score (nSPS) is 15.0. The monoisotopic (exact) mass is 307 g/mol. The van der Waals surface area contributed by atoms with E-state index in [0.29, 0.717) is 13.0 Å². The third-order valence-corrected chi connectivity index (χ3v) is 3.04. The third-order valence-electron chi connectivity index (χ3n) is 3.04. The number of alkyl halides is 3. The second-order valence-corrected chi connectivity index (χ2v) is 4.71. The van der Waals surface area contributed by atoms with E-state index in [1.807, 2.05) is 0 Å². The van der Waals surface area contributed by atoms with Gasteiger partial charge in [0.15, 0.2) is 0 Å². The molecule has 0 aliphatic heterocycles. The summed E-state index contributed by atoms with van der Waals surface area (Å²) in [6.07, 6.45) is -5.06. The second kappa shape index (κ2) is 8.33. The second-order valence-electron chi connectivity index (χ2n) is 4.71. The molecule has 0 saturated heterocycles. The van der Waals surface area contributed by atoms with Crippen LogP contribution in [-0.2, 0) is 10.9 Å². The molecule has 2 atom stereocenters. The number of hydrogen-bond donors (Lipinski definition) is 3. The van der Waals surface area contributed by atoms with Crippen LogP contribution in [0.1, 0.15) is 23.7 Å². The number of rotatable bonds is 8. The Morgan fingerprint density at radius 3 is 2.62 bits per heavy atom. The highest BCUT2D eigenvalue weighted by atomic mass is 19.4. The van der Waals surface area contributed by atoms with Crippen LogP contribution in [0.5, 0.6) is 0 Å². The standard InChI is InChI=1S/C14H20F3NO3/c1-21-9-12(5-6-19)18-8-13(20)10-3-2-4-11(7-10)14(15,16)17/h2-4,7,12-13,18-20H,5-6,8-9H2,1H3. The van der Waals surface area contributed by atoms with Crippen LogP contribution >= 0.6 is 0 Å². The first kappa shape index (κ1) is 17.9. The fourth-order valence-corrected chi connectivity index (χ4v) is 1.92. The summed E-state index contributed by atoms with van der Waals surface area (Å²) in [7, 11) is 1.51. The van der Waals surface area contributed by atoms with Crippen molar-refractivity contribution >= 4 is 0 Å². The van der Waals surface area contributed by atoms with E-state index in [4.69, 9.17) is 9.84 Å². The van der Waals surface area contributed by atoms with Crippen molar-refractivity contribution in [1.82, 2.24) is 5.32 Å². The highest BCUT2D eigenvalue weighted by Crippen LogP contribution is 2.30. The van der Waals surface area contributed by atoms with Gasteiger partial charge >= 0.3 is 6.18 Å². The molecule has 0 bridgehead atoms. The van der Waals surface area contributed by atoms with Gasteiger partial charge in [-0.3, -0.25) is 0 Å². The van der Waals surface area contributed by atoms with E-state index in [1.54, 1.807) is 0 Å². The molecule has 0 aliphatic carbocycles. The topological polar surface area (TPSA) is 61.7 Å². The van der Waals surface area contributed by atoms with Gasteiger partial charge in [-0.25, -0.2) is 0 Å². The molecule has 0 saturated carbocycles. The number of ether oxygens (including phenoxy) is 1. The zero-order chi connectivity index (χ0) is 15.9. The van der Waals surface area contributed by atoms with Gasteiger partial charge in [-0.15, -0.1) is 0 Å². The van der Waals surface area contributed by atoms with Crippen LogP contribution in [0.15, 0.2) is 24.3 Å². The van der Waals surface area contributed by atoms with Crippen molar-refractivity contribution in [2.24, 2.45) is 0 Å². The molecule has 0 fully saturated rings. The van der Waals surface area contributed by atoms with E-state index in [0.717, 1.165) is 12.1 Å². The minimum absolute atomic E-state index is 0.0410. The van der Waals surface area contributed by atoms with Crippen LogP contribution in [0.4, 0.5) is 13.2 Å². The Labute approximate surface area is 121 Å². The Bertz CT molecular complexity index is 420. The Balaban J connectivity index is 2.64. The van der Waals surface area contributed by atoms with Crippen LogP contribution in [0.25, 0.3) is 0 Å². The van der Waals surface area contributed by atoms with Gasteiger partial charge in [0, 0.05) is 26.3 Å². The maximum atomic E-state index is 12.6. The zero-order valence-corrected chi connectivity index (χ0v) is 11.7. The van der Waals surface area contributed by atoms with E-state index in [2.05, 4.69) is 5.32 Å². The molecule has 0 heterocycles. The summed E-state index contributed by atoms with van der Waals surface area (Å²) in [6.45, 7) is 0.381. The predicted octanol–water partition coefficient (Wildman–Crippen LogP) is 1.73. The summed E-state index contributed by atoms with van der Waals surface area (Å²) in [4.78, 5) is 0. The Hall–Kier alpha value is -1.15. The molecule has 0 spiro atoms. The fraction of sp³-hybridized carbons (Fsp3) is 0.571. The van der Waals surface area contributed by atoms with E-state index in [-0.39, 0.29) is 24.8 Å². The smallest absolute Gasteiger partial charge is 0.396 e. The SMILES string of the molecule is COCC(CCO)NCC(O)c1cccc(C(F)(F)F)c1. The molecular formula is C14H20F3NO3. The van der Waals surface area contributed by atoms with Gasteiger partial charge in [0.1, 0.15) is 0 Å². The number of methoxy groups -OCH3 is 1. The number of benzene rings is 1. The van der Waals surface area contributed by atoms with Crippen molar-refractivity contribution in [3.05, 3.63) is 35.4 Å². The molecule has 0 radical (unpaired) electrons. The van der Waals surface area contributed by atoms with E-state index in [1.165, 1.54) is 19.2 Å². The predicted molar refractivity (Wildman–Crippen MR) is 71.8 cm³/mol. The summed E-state index contributed by atoms with van der Waals surface area (Å²) in [6, 6.07) is 4.44. The lowest BCUT2D eigenvalue weighted by Crippen LogP contribution is -2.36. The van der Waals surface area contributed by atoms with E-state index >= 15 is 0 Å². The Kier molecular flexibility index (Phi) is 7.10. The van der Waals surface area contributed by atoms with Crippen LogP contribution in [0.2, 0.25) is 0 Å². The molecule has 1 aromatic rings. The van der Waals surface area contributed by atoms with E-state index in [9.17, 15) is 18.3 Å². The quantitative estimate of drug-likeness (QED) is 0.684. The van der Waals surface area contributed by atoms with Gasteiger partial charge < -0.3 is 20.3 Å². The molecule has 0 aromatic heterocycles. The van der Waals surface area contributed by atoms with Gasteiger partial charge in [0.2, 0.25) is 0 Å². The van der Waals surface area contributed by atoms with Gasteiger partial charge in [-0.1, -0.05) is 12.1 Å².